The highest BCUT2D eigenvalue weighted by Gasteiger charge is 2.59. The van der Waals surface area contributed by atoms with Gasteiger partial charge in [-0.1, -0.05) is 34.1 Å². The molecule has 2 heterocycles. The van der Waals surface area contributed by atoms with Crippen LogP contribution in [0.3, 0.4) is 0 Å². The predicted molar refractivity (Wildman–Crippen MR) is 90.0 cm³/mol. The summed E-state index contributed by atoms with van der Waals surface area (Å²) in [4.78, 5) is 0. The molecule has 1 aromatic rings. The number of rotatable bonds is 1. The van der Waals surface area contributed by atoms with Gasteiger partial charge in [0.2, 0.25) is 0 Å². The maximum atomic E-state index is 10.9. The molecular formula is C20H28O3. The van der Waals surface area contributed by atoms with E-state index in [1.54, 1.807) is 0 Å². The van der Waals surface area contributed by atoms with E-state index < -0.39 is 0 Å². The van der Waals surface area contributed by atoms with Crippen molar-refractivity contribution < 1.29 is 14.9 Å². The highest BCUT2D eigenvalue weighted by molar-refractivity contribution is 5.61. The normalized spacial score (nSPS) is 34.3. The molecule has 2 aliphatic carbocycles. The van der Waals surface area contributed by atoms with Crippen LogP contribution in [0.2, 0.25) is 0 Å². The zero-order valence-corrected chi connectivity index (χ0v) is 14.6. The average molecular weight is 316 g/mol. The number of ether oxygens (including phenoxy) is 1. The van der Waals surface area contributed by atoms with E-state index in [2.05, 4.69) is 19.9 Å². The maximum absolute atomic E-state index is 10.9. The Morgan fingerprint density at radius 2 is 1.91 bits per heavy atom. The third-order valence-electron chi connectivity index (χ3n) is 6.85. The molecule has 3 heteroatoms. The fourth-order valence-electron chi connectivity index (χ4n) is 5.71. The fraction of sp³-hybridized carbons (Fsp3) is 0.700. The summed E-state index contributed by atoms with van der Waals surface area (Å²) in [5, 5.41) is 21.5. The lowest BCUT2D eigenvalue weighted by Gasteiger charge is -2.60. The molecule has 0 amide bonds. The van der Waals surface area contributed by atoms with Crippen molar-refractivity contribution in [2.45, 2.75) is 70.8 Å². The molecule has 5 rings (SSSR count). The molecule has 0 radical (unpaired) electrons. The molecule has 126 valence electrons. The Labute approximate surface area is 138 Å². The second-order valence-corrected chi connectivity index (χ2v) is 8.87. The molecule has 2 bridgehead atoms. The quantitative estimate of drug-likeness (QED) is 0.734. The van der Waals surface area contributed by atoms with Gasteiger partial charge < -0.3 is 14.9 Å². The number of phenolic OH excluding ortho intramolecular Hbond substituents is 2. The first-order valence-electron chi connectivity index (χ1n) is 8.99. The molecule has 1 saturated heterocycles. The Kier molecular flexibility index (Phi) is 3.10. The van der Waals surface area contributed by atoms with Crippen molar-refractivity contribution in [1.82, 2.24) is 0 Å². The Hall–Kier alpha value is -1.22. The van der Waals surface area contributed by atoms with Crippen LogP contribution >= 0.6 is 0 Å². The van der Waals surface area contributed by atoms with Crippen LogP contribution in [0, 0.1) is 11.3 Å². The largest absolute Gasteiger partial charge is 0.504 e. The van der Waals surface area contributed by atoms with Gasteiger partial charge in [0.15, 0.2) is 11.5 Å². The summed E-state index contributed by atoms with van der Waals surface area (Å²) in [6.07, 6.45) is 4.55. The van der Waals surface area contributed by atoms with E-state index in [-0.39, 0.29) is 34.4 Å². The smallest absolute Gasteiger partial charge is 0.162 e. The van der Waals surface area contributed by atoms with Crippen LogP contribution in [0.5, 0.6) is 11.5 Å². The van der Waals surface area contributed by atoms with E-state index in [9.17, 15) is 10.2 Å². The van der Waals surface area contributed by atoms with Crippen molar-refractivity contribution in [3.05, 3.63) is 22.8 Å². The SMILES string of the molecule is CC(C)c1cc2c(c(O)c1O)[C@@]13CCCC(C)(C)C1C[C@@H]2OC3. The molecule has 1 unspecified atom stereocenters. The van der Waals surface area contributed by atoms with Crippen molar-refractivity contribution in [3.8, 4) is 11.5 Å². The number of aromatic hydroxyl groups is 2. The van der Waals surface area contributed by atoms with Crippen LogP contribution in [0.1, 0.15) is 82.1 Å². The van der Waals surface area contributed by atoms with E-state index >= 15 is 0 Å². The number of fused-ring (bicyclic) bond motifs is 1. The van der Waals surface area contributed by atoms with Crippen molar-refractivity contribution in [2.75, 3.05) is 6.61 Å². The third kappa shape index (κ3) is 1.86. The van der Waals surface area contributed by atoms with Gasteiger partial charge in [-0.15, -0.1) is 0 Å². The van der Waals surface area contributed by atoms with Gasteiger partial charge >= 0.3 is 0 Å². The van der Waals surface area contributed by atoms with Crippen molar-refractivity contribution in [2.24, 2.45) is 11.3 Å². The minimum absolute atomic E-state index is 0.0678. The number of hydrogen-bond donors (Lipinski definition) is 2. The highest BCUT2D eigenvalue weighted by atomic mass is 16.5. The number of benzene rings is 1. The van der Waals surface area contributed by atoms with Gasteiger partial charge in [-0.3, -0.25) is 0 Å². The standard InChI is InChI=1S/C20H28O3/c1-11(2)12-8-13-14-9-15-19(3,4)6-5-7-20(15,10-23-14)16(13)18(22)17(12)21/h8,11,14-15,21-22H,5-7,9-10H2,1-4H3/t14-,15?,20+/m0/s1. The molecule has 0 aromatic heterocycles. The lowest BCUT2D eigenvalue weighted by Crippen LogP contribution is -2.56. The molecule has 2 aliphatic heterocycles. The van der Waals surface area contributed by atoms with Crippen molar-refractivity contribution in [3.63, 3.8) is 0 Å². The van der Waals surface area contributed by atoms with Gasteiger partial charge in [0.05, 0.1) is 12.7 Å². The van der Waals surface area contributed by atoms with E-state index in [1.165, 1.54) is 6.42 Å². The Bertz CT molecular complexity index is 661. The van der Waals surface area contributed by atoms with Crippen LogP contribution in [-0.4, -0.2) is 16.8 Å². The second kappa shape index (κ2) is 4.66. The summed E-state index contributed by atoms with van der Waals surface area (Å²) >= 11 is 0. The Morgan fingerprint density at radius 3 is 2.61 bits per heavy atom. The predicted octanol–water partition coefficient (Wildman–Crippen LogP) is 4.76. The monoisotopic (exact) mass is 316 g/mol. The van der Waals surface area contributed by atoms with E-state index in [4.69, 9.17) is 4.74 Å². The molecule has 3 nitrogen and oxygen atoms in total. The molecule has 4 aliphatic rings. The van der Waals surface area contributed by atoms with E-state index in [0.717, 1.165) is 36.0 Å². The molecular weight excluding hydrogens is 288 g/mol. The zero-order valence-electron chi connectivity index (χ0n) is 14.6. The highest BCUT2D eigenvalue weighted by Crippen LogP contribution is 2.65. The topological polar surface area (TPSA) is 49.7 Å². The van der Waals surface area contributed by atoms with Gasteiger partial charge in [-0.05, 0) is 48.1 Å². The zero-order chi connectivity index (χ0) is 16.6. The van der Waals surface area contributed by atoms with Crippen LogP contribution in [0.15, 0.2) is 6.07 Å². The lowest BCUT2D eigenvalue weighted by atomic mass is 9.48. The third-order valence-corrected chi connectivity index (χ3v) is 6.85. The maximum Gasteiger partial charge on any atom is 0.162 e. The summed E-state index contributed by atoms with van der Waals surface area (Å²) < 4.78 is 6.19. The lowest BCUT2D eigenvalue weighted by molar-refractivity contribution is -0.137. The Morgan fingerprint density at radius 1 is 1.17 bits per heavy atom. The average Bonchev–Trinajstić information content (AvgIpc) is 2.49. The molecule has 1 saturated carbocycles. The first-order valence-corrected chi connectivity index (χ1v) is 8.99. The van der Waals surface area contributed by atoms with Gasteiger partial charge in [-0.2, -0.15) is 0 Å². The van der Waals surface area contributed by atoms with Crippen LogP contribution in [-0.2, 0) is 10.2 Å². The first kappa shape index (κ1) is 15.3. The van der Waals surface area contributed by atoms with Gasteiger partial charge in [0, 0.05) is 16.5 Å². The summed E-state index contributed by atoms with van der Waals surface area (Å²) in [7, 11) is 0. The molecule has 2 fully saturated rings. The van der Waals surface area contributed by atoms with Gasteiger partial charge in [-0.25, -0.2) is 0 Å². The van der Waals surface area contributed by atoms with E-state index in [0.29, 0.717) is 12.5 Å². The molecule has 1 aromatic carbocycles. The van der Waals surface area contributed by atoms with Crippen LogP contribution in [0.4, 0.5) is 0 Å². The molecule has 1 spiro atoms. The summed E-state index contributed by atoms with van der Waals surface area (Å²) in [6.45, 7) is 9.50. The second-order valence-electron chi connectivity index (χ2n) is 8.87. The van der Waals surface area contributed by atoms with Crippen molar-refractivity contribution >= 4 is 0 Å². The number of phenols is 2. The van der Waals surface area contributed by atoms with E-state index in [1.807, 2.05) is 13.8 Å². The summed E-state index contributed by atoms with van der Waals surface area (Å²) in [6, 6.07) is 2.10. The summed E-state index contributed by atoms with van der Waals surface area (Å²) in [5.41, 5.74) is 3.10. The molecule has 2 N–H and O–H groups in total. The summed E-state index contributed by atoms with van der Waals surface area (Å²) in [5.74, 6) is 0.914. The minimum atomic E-state index is -0.122. The first-order chi connectivity index (χ1) is 10.8. The molecule has 23 heavy (non-hydrogen) atoms. The fourth-order valence-corrected chi connectivity index (χ4v) is 5.71. The Balaban J connectivity index is 1.97. The van der Waals surface area contributed by atoms with Gasteiger partial charge in [0.1, 0.15) is 0 Å². The van der Waals surface area contributed by atoms with Crippen LogP contribution in [0.25, 0.3) is 0 Å². The number of hydrogen-bond acceptors (Lipinski definition) is 3. The van der Waals surface area contributed by atoms with Gasteiger partial charge in [0.25, 0.3) is 0 Å². The van der Waals surface area contributed by atoms with Crippen LogP contribution < -0.4 is 0 Å². The minimum Gasteiger partial charge on any atom is -0.504 e. The van der Waals surface area contributed by atoms with Crippen molar-refractivity contribution in [1.29, 1.82) is 0 Å². The molecule has 3 atom stereocenters.